The summed E-state index contributed by atoms with van der Waals surface area (Å²) in [5.41, 5.74) is -1.12. The van der Waals surface area contributed by atoms with Crippen molar-refractivity contribution >= 4 is 5.97 Å². The predicted molar refractivity (Wildman–Crippen MR) is 56.3 cm³/mol. The van der Waals surface area contributed by atoms with Gasteiger partial charge < -0.3 is 19.5 Å². The molecule has 0 amide bonds. The Balaban J connectivity index is 2.34. The van der Waals surface area contributed by atoms with Gasteiger partial charge in [0.25, 0.3) is 0 Å². The zero-order valence-electron chi connectivity index (χ0n) is 9.14. The van der Waals surface area contributed by atoms with Crippen molar-refractivity contribution in [3.8, 4) is 0 Å². The number of hydrogen-bond donors (Lipinski definition) is 2. The lowest BCUT2D eigenvalue weighted by atomic mass is 9.88. The zero-order chi connectivity index (χ0) is 11.8. The van der Waals surface area contributed by atoms with Gasteiger partial charge in [0.2, 0.25) is 0 Å². The van der Waals surface area contributed by atoms with Crippen LogP contribution in [0.15, 0.2) is 16.7 Å². The summed E-state index contributed by atoms with van der Waals surface area (Å²) in [7, 11) is 1.90. The molecule has 1 aliphatic heterocycles. The lowest BCUT2D eigenvalue weighted by Gasteiger charge is -2.36. The minimum absolute atomic E-state index is 0.0535. The van der Waals surface area contributed by atoms with Gasteiger partial charge in [0.05, 0.1) is 6.26 Å². The van der Waals surface area contributed by atoms with Crippen molar-refractivity contribution in [2.75, 3.05) is 20.1 Å². The van der Waals surface area contributed by atoms with E-state index in [-0.39, 0.29) is 11.3 Å². The number of aromatic carboxylic acids is 1. The molecule has 0 radical (unpaired) electrons. The third kappa shape index (κ3) is 1.83. The average molecular weight is 225 g/mol. The van der Waals surface area contributed by atoms with E-state index in [4.69, 9.17) is 9.52 Å². The third-order valence-corrected chi connectivity index (χ3v) is 2.98. The predicted octanol–water partition coefficient (Wildman–Crippen LogP) is 0.891. The van der Waals surface area contributed by atoms with Crippen molar-refractivity contribution in [3.63, 3.8) is 0 Å². The van der Waals surface area contributed by atoms with Gasteiger partial charge in [0.15, 0.2) is 5.76 Å². The average Bonchev–Trinajstić information content (AvgIpc) is 2.65. The van der Waals surface area contributed by atoms with E-state index in [1.165, 1.54) is 12.3 Å². The van der Waals surface area contributed by atoms with Gasteiger partial charge in [0.1, 0.15) is 11.2 Å². The first-order valence-corrected chi connectivity index (χ1v) is 5.25. The summed E-state index contributed by atoms with van der Waals surface area (Å²) in [6.45, 7) is 1.31. The van der Waals surface area contributed by atoms with Crippen molar-refractivity contribution in [2.24, 2.45) is 0 Å². The lowest BCUT2D eigenvalue weighted by molar-refractivity contribution is -0.0448. The number of hydrogen-bond acceptors (Lipinski definition) is 4. The van der Waals surface area contributed by atoms with Gasteiger partial charge in [-0.2, -0.15) is 0 Å². The molecule has 0 aromatic carbocycles. The van der Waals surface area contributed by atoms with Crippen molar-refractivity contribution in [2.45, 2.75) is 18.4 Å². The third-order valence-electron chi connectivity index (χ3n) is 2.98. The van der Waals surface area contributed by atoms with Crippen LogP contribution < -0.4 is 0 Å². The van der Waals surface area contributed by atoms with E-state index in [0.717, 1.165) is 13.0 Å². The van der Waals surface area contributed by atoms with Crippen LogP contribution >= 0.6 is 0 Å². The van der Waals surface area contributed by atoms with Gasteiger partial charge in [-0.25, -0.2) is 4.79 Å². The number of carbonyl (C=O) groups is 1. The van der Waals surface area contributed by atoms with Crippen LogP contribution in [0.5, 0.6) is 0 Å². The highest BCUT2D eigenvalue weighted by Crippen LogP contribution is 2.33. The molecule has 0 bridgehead atoms. The molecule has 5 heteroatoms. The van der Waals surface area contributed by atoms with Crippen LogP contribution in [0, 0.1) is 0 Å². The Kier molecular flexibility index (Phi) is 2.73. The molecule has 0 spiro atoms. The molecule has 1 atom stereocenters. The molecule has 1 aromatic rings. The Morgan fingerprint density at radius 3 is 3.00 bits per heavy atom. The lowest BCUT2D eigenvalue weighted by Crippen LogP contribution is -2.44. The number of furan rings is 1. The van der Waals surface area contributed by atoms with Gasteiger partial charge in [-0.05, 0) is 32.5 Å². The molecular weight excluding hydrogens is 210 g/mol. The number of aliphatic hydroxyl groups is 1. The quantitative estimate of drug-likeness (QED) is 0.782. The van der Waals surface area contributed by atoms with Crippen molar-refractivity contribution < 1.29 is 19.4 Å². The molecule has 2 rings (SSSR count). The molecule has 1 saturated heterocycles. The molecule has 1 unspecified atom stereocenters. The molecule has 2 heterocycles. The molecule has 2 N–H and O–H groups in total. The molecule has 16 heavy (non-hydrogen) atoms. The number of nitrogens with zero attached hydrogens (tertiary/aromatic N) is 1. The minimum atomic E-state index is -1.18. The van der Waals surface area contributed by atoms with Crippen LogP contribution in [0.25, 0.3) is 0 Å². The topological polar surface area (TPSA) is 73.9 Å². The van der Waals surface area contributed by atoms with Gasteiger partial charge >= 0.3 is 5.97 Å². The molecule has 0 saturated carbocycles. The number of piperidine rings is 1. The molecule has 88 valence electrons. The highest BCUT2D eigenvalue weighted by molar-refractivity contribution is 5.89. The molecule has 1 aliphatic rings. The smallest absolute Gasteiger partial charge is 0.339 e. The molecule has 1 fully saturated rings. The van der Waals surface area contributed by atoms with E-state index < -0.39 is 11.6 Å². The number of β-amino-alcohol motifs (C(OH)–C–C–N with tert-alkyl or cyclic N) is 1. The van der Waals surface area contributed by atoms with E-state index in [1.54, 1.807) is 0 Å². The maximum atomic E-state index is 11.0. The first-order chi connectivity index (χ1) is 7.53. The van der Waals surface area contributed by atoms with E-state index in [9.17, 15) is 9.90 Å². The standard InChI is InChI=1S/C11H15NO4/c1-12-5-2-4-11(15,7-12)9-8(10(13)14)3-6-16-9/h3,6,15H,2,4-5,7H2,1H3,(H,13,14). The van der Waals surface area contributed by atoms with Crippen molar-refractivity contribution in [1.29, 1.82) is 0 Å². The van der Waals surface area contributed by atoms with E-state index in [0.29, 0.717) is 13.0 Å². The van der Waals surface area contributed by atoms with Crippen molar-refractivity contribution in [1.82, 2.24) is 4.90 Å². The molecule has 1 aromatic heterocycles. The number of carboxylic acids is 1. The van der Waals surface area contributed by atoms with Gasteiger partial charge in [-0.1, -0.05) is 0 Å². The molecular formula is C11H15NO4. The Morgan fingerprint density at radius 2 is 2.38 bits per heavy atom. The first kappa shape index (κ1) is 11.2. The summed E-state index contributed by atoms with van der Waals surface area (Å²) in [4.78, 5) is 12.9. The highest BCUT2D eigenvalue weighted by atomic mass is 16.4. The maximum absolute atomic E-state index is 11.0. The number of likely N-dealkylation sites (tertiary alicyclic amines) is 1. The Hall–Kier alpha value is -1.33. The fourth-order valence-corrected chi connectivity index (χ4v) is 2.27. The maximum Gasteiger partial charge on any atom is 0.339 e. The number of carboxylic acid groups (broad SMARTS) is 1. The van der Waals surface area contributed by atoms with Crippen LogP contribution in [0.3, 0.4) is 0 Å². The molecule has 0 aliphatic carbocycles. The fourth-order valence-electron chi connectivity index (χ4n) is 2.27. The SMILES string of the molecule is CN1CCCC(O)(c2occc2C(=O)O)C1. The van der Waals surface area contributed by atoms with E-state index >= 15 is 0 Å². The summed E-state index contributed by atoms with van der Waals surface area (Å²) in [5.74, 6) is -0.892. The summed E-state index contributed by atoms with van der Waals surface area (Å²) in [6.07, 6.45) is 2.67. The fraction of sp³-hybridized carbons (Fsp3) is 0.545. The van der Waals surface area contributed by atoms with Crippen LogP contribution in [-0.4, -0.2) is 41.2 Å². The second-order valence-corrected chi connectivity index (χ2v) is 4.34. The highest BCUT2D eigenvalue weighted by Gasteiger charge is 2.39. The monoisotopic (exact) mass is 225 g/mol. The molecule has 5 nitrogen and oxygen atoms in total. The normalized spacial score (nSPS) is 26.9. The van der Waals surface area contributed by atoms with Crippen LogP contribution in [-0.2, 0) is 5.60 Å². The van der Waals surface area contributed by atoms with Crippen LogP contribution in [0.4, 0.5) is 0 Å². The Morgan fingerprint density at radius 1 is 1.62 bits per heavy atom. The van der Waals surface area contributed by atoms with Gasteiger partial charge in [0, 0.05) is 6.54 Å². The van der Waals surface area contributed by atoms with Gasteiger partial charge in [-0.3, -0.25) is 0 Å². The van der Waals surface area contributed by atoms with Gasteiger partial charge in [-0.15, -0.1) is 0 Å². The van der Waals surface area contributed by atoms with E-state index in [2.05, 4.69) is 0 Å². The summed E-state index contributed by atoms with van der Waals surface area (Å²) >= 11 is 0. The minimum Gasteiger partial charge on any atom is -0.478 e. The summed E-state index contributed by atoms with van der Waals surface area (Å²) < 4.78 is 5.16. The summed E-state index contributed by atoms with van der Waals surface area (Å²) in [5, 5.41) is 19.4. The number of likely N-dealkylation sites (N-methyl/N-ethyl adjacent to an activating group) is 1. The Bertz CT molecular complexity index is 400. The second-order valence-electron chi connectivity index (χ2n) is 4.34. The number of rotatable bonds is 2. The summed E-state index contributed by atoms with van der Waals surface area (Å²) in [6, 6.07) is 1.38. The zero-order valence-corrected chi connectivity index (χ0v) is 9.14. The Labute approximate surface area is 93.3 Å². The van der Waals surface area contributed by atoms with Crippen LogP contribution in [0.2, 0.25) is 0 Å². The van der Waals surface area contributed by atoms with Crippen molar-refractivity contribution in [3.05, 3.63) is 23.7 Å². The van der Waals surface area contributed by atoms with E-state index in [1.807, 2.05) is 11.9 Å². The first-order valence-electron chi connectivity index (χ1n) is 5.25. The second kappa shape index (κ2) is 3.92. The largest absolute Gasteiger partial charge is 0.478 e. The van der Waals surface area contributed by atoms with Crippen LogP contribution in [0.1, 0.15) is 29.0 Å².